The van der Waals surface area contributed by atoms with E-state index in [4.69, 9.17) is 4.98 Å². The van der Waals surface area contributed by atoms with Crippen LogP contribution in [0.15, 0.2) is 102 Å². The van der Waals surface area contributed by atoms with Crippen LogP contribution < -0.4 is 5.32 Å². The summed E-state index contributed by atoms with van der Waals surface area (Å²) >= 11 is 1.78. The maximum absolute atomic E-state index is 4.87. The quantitative estimate of drug-likeness (QED) is 0.357. The third kappa shape index (κ3) is 2.85. The van der Waals surface area contributed by atoms with Gasteiger partial charge in [-0.3, -0.25) is 4.57 Å². The summed E-state index contributed by atoms with van der Waals surface area (Å²) in [7, 11) is 0. The lowest BCUT2D eigenvalue weighted by Crippen LogP contribution is -2.18. The molecule has 144 valence electrons. The van der Waals surface area contributed by atoms with Gasteiger partial charge in [-0.2, -0.15) is 0 Å². The molecule has 0 bridgehead atoms. The van der Waals surface area contributed by atoms with Crippen molar-refractivity contribution in [3.63, 3.8) is 0 Å². The van der Waals surface area contributed by atoms with Crippen LogP contribution in [0.4, 0.5) is 5.95 Å². The molecule has 0 spiro atoms. The molecule has 1 aliphatic heterocycles. The van der Waals surface area contributed by atoms with Crippen molar-refractivity contribution in [1.29, 1.82) is 0 Å². The number of anilines is 1. The average molecular weight is 406 g/mol. The first-order valence-corrected chi connectivity index (χ1v) is 10.9. The van der Waals surface area contributed by atoms with Crippen LogP contribution >= 0.6 is 11.3 Å². The third-order valence-electron chi connectivity index (χ3n) is 5.58. The molecule has 1 aliphatic rings. The highest BCUT2D eigenvalue weighted by Crippen LogP contribution is 2.38. The summed E-state index contributed by atoms with van der Waals surface area (Å²) < 4.78 is 2.29. The maximum Gasteiger partial charge on any atom is 0.209 e. The van der Waals surface area contributed by atoms with Crippen molar-refractivity contribution < 1.29 is 0 Å². The molecule has 0 saturated heterocycles. The van der Waals surface area contributed by atoms with Gasteiger partial charge in [-0.1, -0.05) is 72.8 Å². The minimum Gasteiger partial charge on any atom is -0.325 e. The second-order valence-electron chi connectivity index (χ2n) is 7.40. The fourth-order valence-electron chi connectivity index (χ4n) is 4.12. The normalized spacial score (nSPS) is 15.5. The Bertz CT molecular complexity index is 1350. The van der Waals surface area contributed by atoms with Crippen LogP contribution in [0.3, 0.4) is 0 Å². The molecule has 3 aromatic carbocycles. The molecule has 0 unspecified atom stereocenters. The number of thiophene rings is 1. The molecular formula is C26H19N3S. The molecular weight excluding hydrogens is 386 g/mol. The number of para-hydroxylation sites is 2. The first kappa shape index (κ1) is 17.2. The number of hydrogen-bond acceptors (Lipinski definition) is 3. The van der Waals surface area contributed by atoms with Gasteiger partial charge >= 0.3 is 0 Å². The van der Waals surface area contributed by atoms with Gasteiger partial charge in [-0.15, -0.1) is 11.3 Å². The molecule has 0 saturated carbocycles. The van der Waals surface area contributed by atoms with Crippen LogP contribution in [0.1, 0.15) is 16.5 Å². The second-order valence-corrected chi connectivity index (χ2v) is 8.38. The van der Waals surface area contributed by atoms with E-state index in [2.05, 4.69) is 100 Å². The second kappa shape index (κ2) is 7.01. The van der Waals surface area contributed by atoms with Crippen LogP contribution in [0.25, 0.3) is 27.9 Å². The maximum atomic E-state index is 4.87. The van der Waals surface area contributed by atoms with Crippen molar-refractivity contribution in [2.45, 2.75) is 6.04 Å². The van der Waals surface area contributed by atoms with Crippen LogP contribution in [-0.4, -0.2) is 9.55 Å². The topological polar surface area (TPSA) is 29.9 Å². The van der Waals surface area contributed by atoms with E-state index in [0.717, 1.165) is 28.2 Å². The van der Waals surface area contributed by atoms with Crippen molar-refractivity contribution in [3.05, 3.63) is 113 Å². The number of nitrogens with zero attached hydrogens (tertiary/aromatic N) is 2. The van der Waals surface area contributed by atoms with Gasteiger partial charge in [-0.25, -0.2) is 4.98 Å². The van der Waals surface area contributed by atoms with E-state index in [1.165, 1.54) is 16.0 Å². The number of imidazole rings is 1. The van der Waals surface area contributed by atoms with Crippen molar-refractivity contribution in [1.82, 2.24) is 9.55 Å². The van der Waals surface area contributed by atoms with Crippen molar-refractivity contribution in [3.8, 4) is 11.1 Å². The van der Waals surface area contributed by atoms with Crippen LogP contribution in [-0.2, 0) is 0 Å². The molecule has 3 nitrogen and oxygen atoms in total. The molecule has 0 radical (unpaired) electrons. The summed E-state index contributed by atoms with van der Waals surface area (Å²) in [6.07, 6.45) is 2.31. The number of hydrogen-bond donors (Lipinski definition) is 1. The van der Waals surface area contributed by atoms with Gasteiger partial charge < -0.3 is 5.32 Å². The molecule has 6 rings (SSSR count). The molecule has 4 heteroatoms. The van der Waals surface area contributed by atoms with Gasteiger partial charge in [0.15, 0.2) is 0 Å². The summed E-state index contributed by atoms with van der Waals surface area (Å²) in [4.78, 5) is 6.17. The largest absolute Gasteiger partial charge is 0.325 e. The zero-order valence-electron chi connectivity index (χ0n) is 16.2. The van der Waals surface area contributed by atoms with Crippen molar-refractivity contribution in [2.24, 2.45) is 0 Å². The van der Waals surface area contributed by atoms with E-state index in [1.807, 2.05) is 12.1 Å². The summed E-state index contributed by atoms with van der Waals surface area (Å²) in [6, 6.07) is 32.0. The lowest BCUT2D eigenvalue weighted by molar-refractivity contribution is 0.733. The molecule has 5 aromatic rings. The summed E-state index contributed by atoms with van der Waals surface area (Å²) in [5.74, 6) is 0.888. The average Bonchev–Trinajstić information content (AvgIpc) is 3.47. The first-order chi connectivity index (χ1) is 14.9. The van der Waals surface area contributed by atoms with Crippen LogP contribution in [0, 0.1) is 0 Å². The van der Waals surface area contributed by atoms with Crippen LogP contribution in [0.2, 0.25) is 0 Å². The zero-order valence-corrected chi connectivity index (χ0v) is 17.0. The lowest BCUT2D eigenvalue weighted by Gasteiger charge is -2.25. The Morgan fingerprint density at radius 3 is 2.27 bits per heavy atom. The Balaban J connectivity index is 1.44. The van der Waals surface area contributed by atoms with Gasteiger partial charge in [0.25, 0.3) is 0 Å². The Kier molecular flexibility index (Phi) is 4.03. The number of rotatable bonds is 3. The lowest BCUT2D eigenvalue weighted by atomic mass is 10.0. The Labute approximate surface area is 179 Å². The number of nitrogens with one attached hydrogen (secondary N) is 1. The van der Waals surface area contributed by atoms with E-state index in [9.17, 15) is 0 Å². The van der Waals surface area contributed by atoms with E-state index in [1.54, 1.807) is 11.3 Å². The predicted octanol–water partition coefficient (Wildman–Crippen LogP) is 6.82. The van der Waals surface area contributed by atoms with Gasteiger partial charge in [0.05, 0.1) is 17.1 Å². The smallest absolute Gasteiger partial charge is 0.209 e. The molecule has 0 fully saturated rings. The fourth-order valence-corrected chi connectivity index (χ4v) is 4.90. The molecule has 0 amide bonds. The first-order valence-electron chi connectivity index (χ1n) is 10.0. The Morgan fingerprint density at radius 1 is 0.733 bits per heavy atom. The van der Waals surface area contributed by atoms with Gasteiger partial charge in [-0.05, 0) is 46.3 Å². The SMILES string of the molecule is C1=C(c2ccc(-c3ccccc3)cc2)Nc2nc3ccccc3n2[C@@H]1c1cccs1. The zero-order chi connectivity index (χ0) is 19.9. The molecule has 0 aliphatic carbocycles. The van der Waals surface area contributed by atoms with Crippen LogP contribution in [0.5, 0.6) is 0 Å². The fraction of sp³-hybridized carbons (Fsp3) is 0.0385. The number of fused-ring (bicyclic) bond motifs is 3. The number of aromatic nitrogens is 2. The standard InChI is InChI=1S/C26H19N3S/c1-2-7-18(8-3-1)19-12-14-20(15-13-19)22-17-24(25-11-6-16-30-25)29-23-10-5-4-9-21(23)27-26(29)28-22/h1-17,24H,(H,27,28)/t24-/m0/s1. The van der Waals surface area contributed by atoms with Gasteiger partial charge in [0.1, 0.15) is 0 Å². The number of benzene rings is 3. The number of allylic oxidation sites excluding steroid dienone is 1. The highest BCUT2D eigenvalue weighted by Gasteiger charge is 2.25. The summed E-state index contributed by atoms with van der Waals surface area (Å²) in [5, 5.41) is 5.71. The third-order valence-corrected chi connectivity index (χ3v) is 6.53. The van der Waals surface area contributed by atoms with E-state index >= 15 is 0 Å². The molecule has 2 aromatic heterocycles. The predicted molar refractivity (Wildman–Crippen MR) is 126 cm³/mol. The molecule has 3 heterocycles. The highest BCUT2D eigenvalue weighted by atomic mass is 32.1. The summed E-state index contributed by atoms with van der Waals surface area (Å²) in [6.45, 7) is 0. The van der Waals surface area contributed by atoms with Gasteiger partial charge in [0, 0.05) is 10.6 Å². The van der Waals surface area contributed by atoms with E-state index in [0.29, 0.717) is 0 Å². The van der Waals surface area contributed by atoms with Crippen molar-refractivity contribution >= 4 is 34.0 Å². The monoisotopic (exact) mass is 405 g/mol. The highest BCUT2D eigenvalue weighted by molar-refractivity contribution is 7.10. The summed E-state index contributed by atoms with van der Waals surface area (Å²) in [5.41, 5.74) is 6.86. The van der Waals surface area contributed by atoms with Crippen molar-refractivity contribution in [2.75, 3.05) is 5.32 Å². The molecule has 30 heavy (non-hydrogen) atoms. The Hall–Kier alpha value is -3.63. The minimum absolute atomic E-state index is 0.123. The van der Waals surface area contributed by atoms with Gasteiger partial charge in [0.2, 0.25) is 5.95 Å². The Morgan fingerprint density at radius 2 is 1.47 bits per heavy atom. The van der Waals surface area contributed by atoms with E-state index < -0.39 is 0 Å². The minimum atomic E-state index is 0.123. The molecule has 1 N–H and O–H groups in total. The molecule has 1 atom stereocenters. The van der Waals surface area contributed by atoms with E-state index in [-0.39, 0.29) is 6.04 Å².